The lowest BCUT2D eigenvalue weighted by Gasteiger charge is -2.24. The Bertz CT molecular complexity index is 1170. The number of carbonyl (C=O) groups is 2. The van der Waals surface area contributed by atoms with E-state index in [4.69, 9.17) is 18.5 Å². The van der Waals surface area contributed by atoms with Crippen molar-refractivity contribution in [2.24, 2.45) is 0 Å². The van der Waals surface area contributed by atoms with Gasteiger partial charge in [0.25, 0.3) is 0 Å². The fourth-order valence-electron chi connectivity index (χ4n) is 5.58. The maximum Gasteiger partial charge on any atom is 0.472 e. The third-order valence-electron chi connectivity index (χ3n) is 9.12. The van der Waals surface area contributed by atoms with E-state index in [9.17, 15) is 24.2 Å². The van der Waals surface area contributed by atoms with Crippen LogP contribution >= 0.6 is 7.82 Å². The highest BCUT2D eigenvalue weighted by Crippen LogP contribution is 2.43. The number of nitrogens with zero attached hydrogens (tertiary/aromatic N) is 1. The number of aliphatic hydroxyl groups excluding tert-OH is 1. The summed E-state index contributed by atoms with van der Waals surface area (Å²) in [5.41, 5.74) is 0. The molecule has 330 valence electrons. The van der Waals surface area contributed by atoms with Crippen molar-refractivity contribution in [3.05, 3.63) is 60.8 Å². The fourth-order valence-corrected chi connectivity index (χ4v) is 6.32. The van der Waals surface area contributed by atoms with E-state index in [1.54, 1.807) is 0 Å². The summed E-state index contributed by atoms with van der Waals surface area (Å²) in [4.78, 5) is 35.3. The Balaban J connectivity index is 4.53. The summed E-state index contributed by atoms with van der Waals surface area (Å²) >= 11 is 0. The third-order valence-corrected chi connectivity index (χ3v) is 10.1. The molecule has 0 aromatic rings. The molecule has 0 saturated heterocycles. The number of aliphatic hydroxyl groups is 1. The van der Waals surface area contributed by atoms with Crippen LogP contribution in [0.3, 0.4) is 0 Å². The van der Waals surface area contributed by atoms with E-state index in [1.165, 1.54) is 44.9 Å². The molecule has 0 amide bonds. The number of phosphoric acid groups is 1. The molecule has 1 unspecified atom stereocenters. The van der Waals surface area contributed by atoms with Crippen LogP contribution in [0.2, 0.25) is 0 Å². The first-order valence-corrected chi connectivity index (χ1v) is 23.6. The van der Waals surface area contributed by atoms with Gasteiger partial charge in [-0.25, -0.2) is 4.57 Å². The smallest absolute Gasteiger partial charge is 0.462 e. The number of phosphoric ester groups is 1. The zero-order chi connectivity index (χ0) is 42.3. The van der Waals surface area contributed by atoms with Crippen LogP contribution in [0.5, 0.6) is 0 Å². The van der Waals surface area contributed by atoms with Crippen molar-refractivity contribution in [3.63, 3.8) is 0 Å². The lowest BCUT2D eigenvalue weighted by atomic mass is 10.1. The Morgan fingerprint density at radius 3 is 1.84 bits per heavy atom. The van der Waals surface area contributed by atoms with Gasteiger partial charge in [-0.1, -0.05) is 145 Å². The van der Waals surface area contributed by atoms with Gasteiger partial charge >= 0.3 is 19.8 Å². The number of carbonyl (C=O) groups excluding carboxylic acids is 2. The highest BCUT2D eigenvalue weighted by atomic mass is 31.2. The molecule has 11 heteroatoms. The molecule has 0 radical (unpaired) electrons. The van der Waals surface area contributed by atoms with Crippen molar-refractivity contribution < 1.29 is 47.2 Å². The van der Waals surface area contributed by atoms with Crippen molar-refractivity contribution in [1.82, 2.24) is 0 Å². The molecule has 0 aromatic heterocycles. The van der Waals surface area contributed by atoms with Crippen LogP contribution in [-0.4, -0.2) is 86.1 Å². The van der Waals surface area contributed by atoms with Crippen molar-refractivity contribution in [2.45, 2.75) is 174 Å². The minimum absolute atomic E-state index is 0.00963. The summed E-state index contributed by atoms with van der Waals surface area (Å²) in [5.74, 6) is -0.904. The number of unbranched alkanes of at least 4 members (excludes halogenated alkanes) is 14. The van der Waals surface area contributed by atoms with E-state index in [2.05, 4.69) is 38.2 Å². The summed E-state index contributed by atoms with van der Waals surface area (Å²) in [6.07, 6.45) is 41.7. The Morgan fingerprint density at radius 2 is 1.18 bits per heavy atom. The average molecular weight is 825 g/mol. The monoisotopic (exact) mass is 825 g/mol. The van der Waals surface area contributed by atoms with Crippen molar-refractivity contribution in [3.8, 4) is 0 Å². The van der Waals surface area contributed by atoms with E-state index in [0.717, 1.165) is 70.6 Å². The number of hydrogen-bond donors (Lipinski definition) is 2. The van der Waals surface area contributed by atoms with Crippen LogP contribution in [0.25, 0.3) is 0 Å². The first-order valence-electron chi connectivity index (χ1n) is 22.1. The van der Waals surface area contributed by atoms with E-state index < -0.39 is 32.5 Å². The number of allylic oxidation sites excluding steroid dienone is 9. The van der Waals surface area contributed by atoms with E-state index in [0.29, 0.717) is 30.3 Å². The molecule has 57 heavy (non-hydrogen) atoms. The predicted molar refractivity (Wildman–Crippen MR) is 235 cm³/mol. The van der Waals surface area contributed by atoms with E-state index in [1.807, 2.05) is 57.6 Å². The zero-order valence-electron chi connectivity index (χ0n) is 36.7. The van der Waals surface area contributed by atoms with Gasteiger partial charge in [0.2, 0.25) is 0 Å². The van der Waals surface area contributed by atoms with Gasteiger partial charge < -0.3 is 24.0 Å². The summed E-state index contributed by atoms with van der Waals surface area (Å²) < 4.78 is 34.2. The van der Waals surface area contributed by atoms with Gasteiger partial charge in [0.1, 0.15) is 19.8 Å². The van der Waals surface area contributed by atoms with Gasteiger partial charge in [0.15, 0.2) is 6.10 Å². The standard InChI is InChI=1S/C46H82NO9P/c1-6-8-10-11-12-13-14-15-16-17-20-23-26-29-33-37-45(49)53-41-44(42-55-57(51,52)54-40-39-47(3,4)5)56-46(50)38-34-30-27-24-21-18-19-22-25-28-32-36-43(48)35-31-9-7-2/h15-16,18-19,24-25,27-28,32,36,43-44,48H,6-14,17,20-23,26,29-31,33-35,37-42H2,1-5H3/p+1/b16-15-,19-18-,27-24-,28-25-,36-32+/t43-,44+/m0/s1. The normalized spacial score (nSPS) is 14.7. The van der Waals surface area contributed by atoms with Gasteiger partial charge in [0.05, 0.1) is 33.9 Å². The molecule has 0 bridgehead atoms. The van der Waals surface area contributed by atoms with Crippen LogP contribution < -0.4 is 0 Å². The molecule has 0 heterocycles. The molecule has 0 spiro atoms. The second-order valence-corrected chi connectivity index (χ2v) is 17.4. The maximum absolute atomic E-state index is 12.7. The minimum Gasteiger partial charge on any atom is -0.462 e. The average Bonchev–Trinajstić information content (AvgIpc) is 3.15. The molecule has 0 saturated carbocycles. The van der Waals surface area contributed by atoms with Crippen LogP contribution in [0.15, 0.2) is 60.8 Å². The lowest BCUT2D eigenvalue weighted by Crippen LogP contribution is -2.37. The SMILES string of the molecule is CCCCCCCC/C=C\CCCCCCCC(=O)OC[C@H](COP(=O)(O)OCC[N+](C)(C)C)OC(=O)CCC/C=C\C/C=C\C/C=C\C=C\[C@@H](O)CCCCC. The Hall–Kier alpha value is -2.33. The third kappa shape index (κ3) is 41.6. The lowest BCUT2D eigenvalue weighted by molar-refractivity contribution is -0.870. The van der Waals surface area contributed by atoms with Crippen LogP contribution in [0, 0.1) is 0 Å². The number of rotatable bonds is 39. The van der Waals surface area contributed by atoms with Crippen molar-refractivity contribution in [2.75, 3.05) is 47.5 Å². The molecule has 0 aliphatic heterocycles. The topological polar surface area (TPSA) is 129 Å². The summed E-state index contributed by atoms with van der Waals surface area (Å²) in [6.45, 7) is 4.19. The number of quaternary nitrogens is 1. The van der Waals surface area contributed by atoms with Crippen LogP contribution in [0.1, 0.15) is 162 Å². The predicted octanol–water partition coefficient (Wildman–Crippen LogP) is 11.4. The number of hydrogen-bond acceptors (Lipinski definition) is 8. The molecular weight excluding hydrogens is 741 g/mol. The van der Waals surface area contributed by atoms with Gasteiger partial charge in [0, 0.05) is 12.8 Å². The summed E-state index contributed by atoms with van der Waals surface area (Å²) in [6, 6.07) is 0. The molecule has 0 rings (SSSR count). The highest BCUT2D eigenvalue weighted by molar-refractivity contribution is 7.47. The second-order valence-electron chi connectivity index (χ2n) is 15.9. The molecule has 10 nitrogen and oxygen atoms in total. The quantitative estimate of drug-likeness (QED) is 0.0155. The molecule has 0 aliphatic rings. The Labute approximate surface area is 348 Å². The molecule has 0 fully saturated rings. The number of ether oxygens (including phenoxy) is 2. The highest BCUT2D eigenvalue weighted by Gasteiger charge is 2.27. The van der Waals surface area contributed by atoms with Gasteiger partial charge in [-0.3, -0.25) is 18.6 Å². The molecule has 0 aromatic carbocycles. The summed E-state index contributed by atoms with van der Waals surface area (Å²) in [5, 5.41) is 9.91. The maximum atomic E-state index is 12.7. The molecule has 2 N–H and O–H groups in total. The van der Waals surface area contributed by atoms with Crippen molar-refractivity contribution >= 4 is 19.8 Å². The largest absolute Gasteiger partial charge is 0.472 e. The number of esters is 2. The van der Waals surface area contributed by atoms with Crippen LogP contribution in [0.4, 0.5) is 0 Å². The minimum atomic E-state index is -4.40. The van der Waals surface area contributed by atoms with Crippen molar-refractivity contribution in [1.29, 1.82) is 0 Å². The van der Waals surface area contributed by atoms with Gasteiger partial charge in [-0.15, -0.1) is 0 Å². The fraction of sp³-hybridized carbons (Fsp3) is 0.739. The molecule has 3 atom stereocenters. The van der Waals surface area contributed by atoms with Gasteiger partial charge in [-0.2, -0.15) is 0 Å². The molecule has 0 aliphatic carbocycles. The van der Waals surface area contributed by atoms with Crippen LogP contribution in [-0.2, 0) is 32.7 Å². The van der Waals surface area contributed by atoms with E-state index >= 15 is 0 Å². The van der Waals surface area contributed by atoms with Gasteiger partial charge in [-0.05, 0) is 64.2 Å². The van der Waals surface area contributed by atoms with E-state index in [-0.39, 0.29) is 32.2 Å². The Kier molecular flexibility index (Phi) is 36.4. The zero-order valence-corrected chi connectivity index (χ0v) is 37.6. The first kappa shape index (κ1) is 54.7. The number of likely N-dealkylation sites (N-methyl/N-ethyl adjacent to an activating group) is 1. The molecular formula is C46H83NO9P+. The first-order chi connectivity index (χ1) is 27.4. The second kappa shape index (κ2) is 37.9. The Morgan fingerprint density at radius 1 is 0.632 bits per heavy atom. The summed E-state index contributed by atoms with van der Waals surface area (Å²) in [7, 11) is 1.40.